The minimum Gasteiger partial charge on any atom is -0.342 e. The summed E-state index contributed by atoms with van der Waals surface area (Å²) in [5, 5.41) is 0. The molecule has 5 nitrogen and oxygen atoms in total. The summed E-state index contributed by atoms with van der Waals surface area (Å²) < 4.78 is 0. The van der Waals surface area contributed by atoms with Crippen molar-refractivity contribution in [1.29, 1.82) is 0 Å². The Balaban J connectivity index is 1.56. The lowest BCUT2D eigenvalue weighted by Crippen LogP contribution is -2.28. The van der Waals surface area contributed by atoms with Crippen LogP contribution in [0.25, 0.3) is 11.0 Å². The van der Waals surface area contributed by atoms with Crippen LogP contribution in [0.15, 0.2) is 42.5 Å². The maximum atomic E-state index is 12.3. The van der Waals surface area contributed by atoms with E-state index in [2.05, 4.69) is 15.0 Å². The van der Waals surface area contributed by atoms with Gasteiger partial charge in [0.2, 0.25) is 0 Å². The number of aromatic nitrogens is 3. The van der Waals surface area contributed by atoms with Gasteiger partial charge in [0.05, 0.1) is 11.0 Å². The van der Waals surface area contributed by atoms with E-state index < -0.39 is 0 Å². The minimum atomic E-state index is -0.0432. The number of rotatable bonds is 5. The number of aryl methyl sites for hydroxylation is 2. The highest BCUT2D eigenvalue weighted by Crippen LogP contribution is 2.11. The normalized spacial score (nSPS) is 10.9. The molecular formula is C18H20N4O. The van der Waals surface area contributed by atoms with Crippen molar-refractivity contribution in [3.05, 3.63) is 59.7 Å². The molecule has 118 valence electrons. The number of benzene rings is 1. The first kappa shape index (κ1) is 15.2. The molecule has 2 aromatic heterocycles. The van der Waals surface area contributed by atoms with Gasteiger partial charge >= 0.3 is 0 Å². The van der Waals surface area contributed by atoms with E-state index in [4.69, 9.17) is 0 Å². The summed E-state index contributed by atoms with van der Waals surface area (Å²) in [4.78, 5) is 26.2. The van der Waals surface area contributed by atoms with Gasteiger partial charge in [0.1, 0.15) is 11.5 Å². The van der Waals surface area contributed by atoms with Crippen molar-refractivity contribution < 1.29 is 4.79 Å². The average molecular weight is 308 g/mol. The number of amides is 1. The van der Waals surface area contributed by atoms with Crippen LogP contribution in [0.4, 0.5) is 0 Å². The topological polar surface area (TPSA) is 61.9 Å². The fourth-order valence-corrected chi connectivity index (χ4v) is 2.57. The summed E-state index contributed by atoms with van der Waals surface area (Å²) in [5.41, 5.74) is 3.38. The molecule has 0 fully saturated rings. The van der Waals surface area contributed by atoms with Crippen LogP contribution < -0.4 is 0 Å². The van der Waals surface area contributed by atoms with Crippen molar-refractivity contribution in [3.8, 4) is 0 Å². The molecule has 0 spiro atoms. The van der Waals surface area contributed by atoms with E-state index in [-0.39, 0.29) is 5.91 Å². The van der Waals surface area contributed by atoms with Crippen LogP contribution >= 0.6 is 0 Å². The lowest BCUT2D eigenvalue weighted by Gasteiger charge is -2.16. The van der Waals surface area contributed by atoms with E-state index >= 15 is 0 Å². The monoisotopic (exact) mass is 308 g/mol. The van der Waals surface area contributed by atoms with Crippen molar-refractivity contribution in [3.63, 3.8) is 0 Å². The summed E-state index contributed by atoms with van der Waals surface area (Å²) in [5.74, 6) is 0.916. The van der Waals surface area contributed by atoms with Gasteiger partial charge in [0, 0.05) is 25.7 Å². The minimum absolute atomic E-state index is 0.0432. The smallest absolute Gasteiger partial charge is 0.272 e. The van der Waals surface area contributed by atoms with E-state index in [1.54, 1.807) is 11.0 Å². The van der Waals surface area contributed by atoms with Gasteiger partial charge in [-0.1, -0.05) is 18.2 Å². The zero-order chi connectivity index (χ0) is 16.2. The Morgan fingerprint density at radius 2 is 1.96 bits per heavy atom. The van der Waals surface area contributed by atoms with Gasteiger partial charge in [0.15, 0.2) is 0 Å². The maximum absolute atomic E-state index is 12.3. The van der Waals surface area contributed by atoms with Gasteiger partial charge in [-0.25, -0.2) is 9.97 Å². The summed E-state index contributed by atoms with van der Waals surface area (Å²) in [6.07, 6.45) is 1.67. The second kappa shape index (κ2) is 6.60. The van der Waals surface area contributed by atoms with Crippen molar-refractivity contribution >= 4 is 16.9 Å². The molecule has 0 bridgehead atoms. The molecule has 0 unspecified atom stereocenters. The van der Waals surface area contributed by atoms with E-state index in [9.17, 15) is 4.79 Å². The van der Waals surface area contributed by atoms with E-state index in [1.165, 1.54) is 0 Å². The van der Waals surface area contributed by atoms with Gasteiger partial charge in [-0.2, -0.15) is 0 Å². The molecule has 0 aliphatic carbocycles. The molecule has 0 saturated carbocycles. The standard InChI is InChI=1S/C18H20N4O/c1-13-7-5-10-16(19-13)18(23)22(2)12-6-11-17-20-14-8-3-4-9-15(14)21-17/h3-5,7-10H,6,11-12H2,1-2H3,(H,20,21). The number of H-pyrrole nitrogens is 1. The fourth-order valence-electron chi connectivity index (χ4n) is 2.57. The summed E-state index contributed by atoms with van der Waals surface area (Å²) in [7, 11) is 1.81. The van der Waals surface area contributed by atoms with Crippen LogP contribution in [0, 0.1) is 6.92 Å². The lowest BCUT2D eigenvalue weighted by atomic mass is 10.2. The second-order valence-electron chi connectivity index (χ2n) is 5.70. The predicted octanol–water partition coefficient (Wildman–Crippen LogP) is 2.97. The predicted molar refractivity (Wildman–Crippen MR) is 90.3 cm³/mol. The highest BCUT2D eigenvalue weighted by atomic mass is 16.2. The van der Waals surface area contributed by atoms with Crippen LogP contribution in [0.1, 0.15) is 28.4 Å². The van der Waals surface area contributed by atoms with Crippen molar-refractivity contribution in [2.24, 2.45) is 0 Å². The zero-order valence-corrected chi connectivity index (χ0v) is 13.4. The summed E-state index contributed by atoms with van der Waals surface area (Å²) >= 11 is 0. The number of nitrogens with one attached hydrogen (secondary N) is 1. The van der Waals surface area contributed by atoms with Crippen molar-refractivity contribution in [1.82, 2.24) is 19.9 Å². The molecule has 1 aromatic carbocycles. The largest absolute Gasteiger partial charge is 0.342 e. The van der Waals surface area contributed by atoms with Crippen LogP contribution in [-0.2, 0) is 6.42 Å². The molecule has 3 rings (SSSR count). The molecule has 2 heterocycles. The Bertz CT molecular complexity index is 792. The first-order valence-electron chi connectivity index (χ1n) is 7.76. The highest BCUT2D eigenvalue weighted by molar-refractivity contribution is 5.92. The number of carbonyl (C=O) groups is 1. The molecule has 0 aliphatic heterocycles. The Morgan fingerprint density at radius 1 is 1.13 bits per heavy atom. The molecule has 0 radical (unpaired) electrons. The van der Waals surface area contributed by atoms with Crippen molar-refractivity contribution in [2.75, 3.05) is 13.6 Å². The molecule has 1 N–H and O–H groups in total. The molecule has 5 heteroatoms. The van der Waals surface area contributed by atoms with Crippen molar-refractivity contribution in [2.45, 2.75) is 19.8 Å². The number of hydrogen-bond donors (Lipinski definition) is 1. The van der Waals surface area contributed by atoms with E-state index in [1.807, 2.05) is 50.4 Å². The number of pyridine rings is 1. The van der Waals surface area contributed by atoms with Crippen LogP contribution in [0.5, 0.6) is 0 Å². The summed E-state index contributed by atoms with van der Waals surface area (Å²) in [6, 6.07) is 13.5. The average Bonchev–Trinajstić information content (AvgIpc) is 2.96. The molecule has 23 heavy (non-hydrogen) atoms. The Hall–Kier alpha value is -2.69. The molecular weight excluding hydrogens is 288 g/mol. The number of hydrogen-bond acceptors (Lipinski definition) is 3. The number of imidazole rings is 1. The molecule has 3 aromatic rings. The first-order chi connectivity index (χ1) is 11.1. The highest BCUT2D eigenvalue weighted by Gasteiger charge is 2.13. The quantitative estimate of drug-likeness (QED) is 0.788. The lowest BCUT2D eigenvalue weighted by molar-refractivity contribution is 0.0787. The number of para-hydroxylation sites is 2. The van der Waals surface area contributed by atoms with Gasteiger partial charge in [-0.15, -0.1) is 0 Å². The number of fused-ring (bicyclic) bond motifs is 1. The third-order valence-corrected chi connectivity index (χ3v) is 3.80. The van der Waals surface area contributed by atoms with Gasteiger partial charge in [-0.05, 0) is 37.6 Å². The maximum Gasteiger partial charge on any atom is 0.272 e. The molecule has 1 amide bonds. The third kappa shape index (κ3) is 3.56. The second-order valence-corrected chi connectivity index (χ2v) is 5.70. The van der Waals surface area contributed by atoms with Gasteiger partial charge in [-0.3, -0.25) is 4.79 Å². The van der Waals surface area contributed by atoms with E-state index in [0.29, 0.717) is 12.2 Å². The fraction of sp³-hybridized carbons (Fsp3) is 0.278. The SMILES string of the molecule is Cc1cccc(C(=O)N(C)CCCc2nc3ccccc3[nH]2)n1. The van der Waals surface area contributed by atoms with Crippen LogP contribution in [0.3, 0.4) is 0 Å². The van der Waals surface area contributed by atoms with Gasteiger partial charge < -0.3 is 9.88 Å². The Morgan fingerprint density at radius 3 is 2.74 bits per heavy atom. The van der Waals surface area contributed by atoms with Crippen LogP contribution in [0.2, 0.25) is 0 Å². The number of aromatic amines is 1. The molecule has 0 aliphatic rings. The Kier molecular flexibility index (Phi) is 4.37. The van der Waals surface area contributed by atoms with E-state index in [0.717, 1.165) is 35.4 Å². The third-order valence-electron chi connectivity index (χ3n) is 3.80. The number of carbonyl (C=O) groups excluding carboxylic acids is 1. The van der Waals surface area contributed by atoms with Gasteiger partial charge in [0.25, 0.3) is 5.91 Å². The molecule has 0 saturated heterocycles. The first-order valence-corrected chi connectivity index (χ1v) is 7.76. The Labute approximate surface area is 135 Å². The zero-order valence-electron chi connectivity index (χ0n) is 13.4. The molecule has 0 atom stereocenters. The summed E-state index contributed by atoms with van der Waals surface area (Å²) in [6.45, 7) is 2.56. The van der Waals surface area contributed by atoms with Crippen LogP contribution in [-0.4, -0.2) is 39.4 Å². The number of nitrogens with zero attached hydrogens (tertiary/aromatic N) is 3.